The SMILES string of the molecule is O=S(=O)(C1CCCCC1)N(Cc1ccc(-c2nnc(C(F)F)o2)cn1)c1ccccc1. The van der Waals surface area contributed by atoms with E-state index in [1.54, 1.807) is 36.4 Å². The zero-order valence-electron chi connectivity index (χ0n) is 16.7. The number of pyridine rings is 1. The van der Waals surface area contributed by atoms with Crippen LogP contribution in [0.1, 0.15) is 50.1 Å². The molecule has 0 amide bonds. The maximum Gasteiger partial charge on any atom is 0.314 e. The summed E-state index contributed by atoms with van der Waals surface area (Å²) >= 11 is 0. The van der Waals surface area contributed by atoms with Crippen molar-refractivity contribution in [2.75, 3.05) is 4.31 Å². The number of hydrogen-bond donors (Lipinski definition) is 0. The highest BCUT2D eigenvalue weighted by Gasteiger charge is 2.33. The molecule has 1 fully saturated rings. The van der Waals surface area contributed by atoms with Gasteiger partial charge >= 0.3 is 6.43 Å². The number of hydrogen-bond acceptors (Lipinski definition) is 6. The fraction of sp³-hybridized carbons (Fsp3) is 0.381. The van der Waals surface area contributed by atoms with Crippen LogP contribution in [0.25, 0.3) is 11.5 Å². The van der Waals surface area contributed by atoms with Gasteiger partial charge in [0, 0.05) is 6.20 Å². The van der Waals surface area contributed by atoms with Gasteiger partial charge in [-0.2, -0.15) is 8.78 Å². The van der Waals surface area contributed by atoms with Crippen LogP contribution in [-0.2, 0) is 16.6 Å². The lowest BCUT2D eigenvalue weighted by Gasteiger charge is -2.31. The molecule has 1 aliphatic rings. The van der Waals surface area contributed by atoms with Crippen molar-refractivity contribution < 1.29 is 21.6 Å². The van der Waals surface area contributed by atoms with E-state index in [4.69, 9.17) is 4.42 Å². The maximum atomic E-state index is 13.4. The number of sulfonamides is 1. The Labute approximate surface area is 179 Å². The Kier molecular flexibility index (Phi) is 6.26. The Morgan fingerprint density at radius 2 is 1.77 bits per heavy atom. The first kappa shape index (κ1) is 21.4. The minimum atomic E-state index is -3.57. The van der Waals surface area contributed by atoms with Crippen LogP contribution in [0.3, 0.4) is 0 Å². The predicted molar refractivity (Wildman–Crippen MR) is 111 cm³/mol. The number of benzene rings is 1. The second-order valence-electron chi connectivity index (χ2n) is 7.43. The Hall–Kier alpha value is -2.88. The Bertz CT molecular complexity index is 1100. The summed E-state index contributed by atoms with van der Waals surface area (Å²) < 4.78 is 58.5. The monoisotopic (exact) mass is 448 g/mol. The van der Waals surface area contributed by atoms with E-state index >= 15 is 0 Å². The molecule has 0 spiro atoms. The number of rotatable bonds is 7. The normalized spacial score (nSPS) is 15.3. The molecule has 0 radical (unpaired) electrons. The van der Waals surface area contributed by atoms with Crippen molar-refractivity contribution in [2.45, 2.75) is 50.3 Å². The van der Waals surface area contributed by atoms with Crippen LogP contribution in [0, 0.1) is 0 Å². The highest BCUT2D eigenvalue weighted by molar-refractivity contribution is 7.93. The van der Waals surface area contributed by atoms with Gasteiger partial charge in [0.1, 0.15) is 0 Å². The molecule has 7 nitrogen and oxygen atoms in total. The van der Waals surface area contributed by atoms with Gasteiger partial charge in [0.15, 0.2) is 0 Å². The third kappa shape index (κ3) is 4.73. The molecule has 4 rings (SSSR count). The Balaban J connectivity index is 1.59. The van der Waals surface area contributed by atoms with Gasteiger partial charge in [0.2, 0.25) is 15.9 Å². The van der Waals surface area contributed by atoms with E-state index in [0.717, 1.165) is 19.3 Å². The van der Waals surface area contributed by atoms with Crippen molar-refractivity contribution in [3.05, 3.63) is 60.2 Å². The van der Waals surface area contributed by atoms with Crippen molar-refractivity contribution in [1.82, 2.24) is 15.2 Å². The van der Waals surface area contributed by atoms with Gasteiger partial charge < -0.3 is 4.42 Å². The Morgan fingerprint density at radius 1 is 1.03 bits per heavy atom. The summed E-state index contributed by atoms with van der Waals surface area (Å²) in [7, 11) is -3.57. The average Bonchev–Trinajstić information content (AvgIpc) is 3.30. The van der Waals surface area contributed by atoms with Crippen LogP contribution in [0.4, 0.5) is 14.5 Å². The van der Waals surface area contributed by atoms with E-state index in [2.05, 4.69) is 15.2 Å². The van der Waals surface area contributed by atoms with E-state index < -0.39 is 27.6 Å². The minimum Gasteiger partial charge on any atom is -0.415 e. The number of alkyl halides is 2. The van der Waals surface area contributed by atoms with E-state index in [9.17, 15) is 17.2 Å². The van der Waals surface area contributed by atoms with Crippen molar-refractivity contribution in [3.8, 4) is 11.5 Å². The second-order valence-corrected chi connectivity index (χ2v) is 9.57. The zero-order valence-corrected chi connectivity index (χ0v) is 17.5. The lowest BCUT2D eigenvalue weighted by molar-refractivity contribution is 0.116. The number of nitrogens with zero attached hydrogens (tertiary/aromatic N) is 4. The van der Waals surface area contributed by atoms with Gasteiger partial charge in [-0.15, -0.1) is 10.2 Å². The Morgan fingerprint density at radius 3 is 2.39 bits per heavy atom. The first-order chi connectivity index (χ1) is 14.9. The summed E-state index contributed by atoms with van der Waals surface area (Å²) in [4.78, 5) is 4.31. The summed E-state index contributed by atoms with van der Waals surface area (Å²) in [6.45, 7) is 0.0647. The predicted octanol–water partition coefficient (Wildman–Crippen LogP) is 4.74. The number of para-hydroxylation sites is 1. The molecule has 10 heteroatoms. The molecule has 0 bridgehead atoms. The standard InChI is InChI=1S/C21H22F2N4O3S/c22-19(23)21-26-25-20(30-21)15-11-12-16(24-13-15)14-27(17-7-3-1-4-8-17)31(28,29)18-9-5-2-6-10-18/h1,3-4,7-8,11-13,18-19H,2,5-6,9-10,14H2. The molecule has 0 saturated heterocycles. The first-order valence-electron chi connectivity index (χ1n) is 10.1. The van der Waals surface area contributed by atoms with Crippen molar-refractivity contribution in [2.24, 2.45) is 0 Å². The van der Waals surface area contributed by atoms with Gasteiger partial charge in [-0.05, 0) is 37.1 Å². The average molecular weight is 448 g/mol. The molecular formula is C21H22F2N4O3S. The fourth-order valence-electron chi connectivity index (χ4n) is 3.70. The zero-order chi connectivity index (χ0) is 21.8. The summed E-state index contributed by atoms with van der Waals surface area (Å²) in [5.74, 6) is -0.822. The summed E-state index contributed by atoms with van der Waals surface area (Å²) in [5, 5.41) is 6.50. The van der Waals surface area contributed by atoms with E-state index in [1.165, 1.54) is 10.5 Å². The van der Waals surface area contributed by atoms with Gasteiger partial charge in [0.05, 0.1) is 28.7 Å². The number of halogens is 2. The van der Waals surface area contributed by atoms with E-state index in [1.807, 2.05) is 6.07 Å². The molecule has 1 aromatic carbocycles. The third-order valence-corrected chi connectivity index (χ3v) is 7.60. The smallest absolute Gasteiger partial charge is 0.314 e. The number of anilines is 1. The third-order valence-electron chi connectivity index (χ3n) is 5.33. The van der Waals surface area contributed by atoms with E-state index in [0.29, 0.717) is 29.8 Å². The molecule has 0 atom stereocenters. The molecule has 0 N–H and O–H groups in total. The molecule has 2 heterocycles. The molecule has 1 aliphatic carbocycles. The lowest BCUT2D eigenvalue weighted by Crippen LogP contribution is -2.39. The highest BCUT2D eigenvalue weighted by Crippen LogP contribution is 2.30. The maximum absolute atomic E-state index is 13.4. The van der Waals surface area contributed by atoms with Crippen LogP contribution in [-0.4, -0.2) is 28.8 Å². The molecule has 31 heavy (non-hydrogen) atoms. The van der Waals surface area contributed by atoms with Gasteiger partial charge in [-0.1, -0.05) is 37.5 Å². The summed E-state index contributed by atoms with van der Waals surface area (Å²) in [5.41, 5.74) is 1.47. The largest absolute Gasteiger partial charge is 0.415 e. The quantitative estimate of drug-likeness (QED) is 0.519. The second kappa shape index (κ2) is 9.09. The van der Waals surface area contributed by atoms with Gasteiger partial charge in [0.25, 0.3) is 5.89 Å². The van der Waals surface area contributed by atoms with Crippen molar-refractivity contribution in [3.63, 3.8) is 0 Å². The van der Waals surface area contributed by atoms with Crippen LogP contribution in [0.15, 0.2) is 53.1 Å². The van der Waals surface area contributed by atoms with Crippen molar-refractivity contribution >= 4 is 15.7 Å². The summed E-state index contributed by atoms with van der Waals surface area (Å²) in [6, 6.07) is 12.2. The minimum absolute atomic E-state index is 0.0647. The number of aromatic nitrogens is 3. The van der Waals surface area contributed by atoms with Crippen LogP contribution < -0.4 is 4.31 Å². The molecular weight excluding hydrogens is 426 g/mol. The molecule has 0 aliphatic heterocycles. The van der Waals surface area contributed by atoms with Crippen LogP contribution in [0.2, 0.25) is 0 Å². The molecule has 2 aromatic heterocycles. The van der Waals surface area contributed by atoms with Crippen LogP contribution in [0.5, 0.6) is 0 Å². The lowest BCUT2D eigenvalue weighted by atomic mass is 10.0. The molecule has 0 unspecified atom stereocenters. The molecule has 1 saturated carbocycles. The van der Waals surface area contributed by atoms with Gasteiger partial charge in [-0.3, -0.25) is 9.29 Å². The van der Waals surface area contributed by atoms with Crippen molar-refractivity contribution in [1.29, 1.82) is 0 Å². The molecule has 164 valence electrons. The fourth-order valence-corrected chi connectivity index (χ4v) is 5.71. The van der Waals surface area contributed by atoms with Gasteiger partial charge in [-0.25, -0.2) is 8.42 Å². The highest BCUT2D eigenvalue weighted by atomic mass is 32.2. The summed E-state index contributed by atoms with van der Waals surface area (Å²) in [6.07, 6.45) is 2.74. The van der Waals surface area contributed by atoms with Crippen LogP contribution >= 0.6 is 0 Å². The molecule has 3 aromatic rings. The first-order valence-corrected chi connectivity index (χ1v) is 11.6. The topological polar surface area (TPSA) is 89.2 Å². The van der Waals surface area contributed by atoms with E-state index in [-0.39, 0.29) is 12.4 Å².